The first-order valence-electron chi connectivity index (χ1n) is 5.25. The van der Waals surface area contributed by atoms with Gasteiger partial charge in [0.15, 0.2) is 0 Å². The smallest absolute Gasteiger partial charge is 0.319 e. The number of aliphatic hydroxyl groups excluding tert-OH is 1. The largest absolute Gasteiger partial charge is 0.506 e. The van der Waals surface area contributed by atoms with Crippen molar-refractivity contribution in [1.82, 2.24) is 5.32 Å². The number of para-hydroxylation sites is 2. The van der Waals surface area contributed by atoms with Crippen molar-refractivity contribution in [1.29, 1.82) is 0 Å². The quantitative estimate of drug-likeness (QED) is 0.431. The number of ether oxygens (including phenoxy) is 1. The Hall–Kier alpha value is -1.79. The lowest BCUT2D eigenvalue weighted by Gasteiger charge is -2.08. The van der Waals surface area contributed by atoms with E-state index in [1.807, 2.05) is 0 Å². The van der Waals surface area contributed by atoms with E-state index in [9.17, 15) is 9.90 Å². The Morgan fingerprint density at radius 3 is 2.76 bits per heavy atom. The highest BCUT2D eigenvalue weighted by Gasteiger charge is 2.03. The van der Waals surface area contributed by atoms with Gasteiger partial charge >= 0.3 is 6.03 Å². The van der Waals surface area contributed by atoms with Crippen LogP contribution in [0.5, 0.6) is 5.75 Å². The monoisotopic (exact) mass is 240 g/mol. The van der Waals surface area contributed by atoms with Crippen LogP contribution in [0.1, 0.15) is 0 Å². The summed E-state index contributed by atoms with van der Waals surface area (Å²) in [5, 5.41) is 22.9. The number of nitrogens with one attached hydrogen (secondary N) is 2. The normalized spacial score (nSPS) is 9.94. The summed E-state index contributed by atoms with van der Waals surface area (Å²) in [5.74, 6) is 0.0131. The van der Waals surface area contributed by atoms with Gasteiger partial charge < -0.3 is 25.6 Å². The van der Waals surface area contributed by atoms with Crippen molar-refractivity contribution >= 4 is 11.7 Å². The van der Waals surface area contributed by atoms with Crippen LogP contribution in [-0.4, -0.2) is 42.6 Å². The maximum absolute atomic E-state index is 11.4. The topological polar surface area (TPSA) is 90.8 Å². The van der Waals surface area contributed by atoms with Gasteiger partial charge in [-0.2, -0.15) is 0 Å². The molecule has 0 saturated heterocycles. The number of anilines is 1. The third-order valence-electron chi connectivity index (χ3n) is 1.92. The number of carbonyl (C=O) groups excluding carboxylic acids is 1. The van der Waals surface area contributed by atoms with Gasteiger partial charge in [-0.15, -0.1) is 0 Å². The molecule has 0 fully saturated rings. The predicted molar refractivity (Wildman–Crippen MR) is 63.0 cm³/mol. The van der Waals surface area contributed by atoms with Gasteiger partial charge in [-0.05, 0) is 12.1 Å². The lowest BCUT2D eigenvalue weighted by molar-refractivity contribution is 0.0950. The van der Waals surface area contributed by atoms with Crippen LogP contribution in [0.3, 0.4) is 0 Å². The summed E-state index contributed by atoms with van der Waals surface area (Å²) in [7, 11) is 0. The second kappa shape index (κ2) is 7.48. The standard InChI is InChI=1S/C11H16N2O4/c14-6-8-17-7-5-12-11(16)13-9-3-1-2-4-10(9)15/h1-4,14-15H,5-8H2,(H2,12,13,16). The molecule has 17 heavy (non-hydrogen) atoms. The molecule has 94 valence electrons. The van der Waals surface area contributed by atoms with E-state index >= 15 is 0 Å². The lowest BCUT2D eigenvalue weighted by Crippen LogP contribution is -2.31. The number of aliphatic hydroxyl groups is 1. The second-order valence-electron chi connectivity index (χ2n) is 3.23. The van der Waals surface area contributed by atoms with Crippen molar-refractivity contribution in [3.05, 3.63) is 24.3 Å². The summed E-state index contributed by atoms with van der Waals surface area (Å²) in [6.45, 7) is 0.876. The van der Waals surface area contributed by atoms with Gasteiger partial charge in [0.05, 0.1) is 25.5 Å². The highest BCUT2D eigenvalue weighted by molar-refractivity contribution is 5.90. The van der Waals surface area contributed by atoms with E-state index in [2.05, 4.69) is 10.6 Å². The van der Waals surface area contributed by atoms with Crippen LogP contribution in [0.25, 0.3) is 0 Å². The minimum absolute atomic E-state index is 0.0131. The fourth-order valence-corrected chi connectivity index (χ4v) is 1.15. The fourth-order valence-electron chi connectivity index (χ4n) is 1.15. The van der Waals surface area contributed by atoms with Crippen LogP contribution < -0.4 is 10.6 Å². The molecule has 0 heterocycles. The molecule has 0 spiro atoms. The third kappa shape index (κ3) is 5.19. The zero-order valence-corrected chi connectivity index (χ0v) is 9.35. The molecule has 6 heteroatoms. The van der Waals surface area contributed by atoms with Crippen LogP contribution in [0.2, 0.25) is 0 Å². The van der Waals surface area contributed by atoms with Crippen molar-refractivity contribution in [3.8, 4) is 5.75 Å². The number of aromatic hydroxyl groups is 1. The second-order valence-corrected chi connectivity index (χ2v) is 3.23. The molecule has 0 aliphatic rings. The van der Waals surface area contributed by atoms with E-state index in [0.717, 1.165) is 0 Å². The summed E-state index contributed by atoms with van der Waals surface area (Å²) in [6.07, 6.45) is 0. The number of benzene rings is 1. The zero-order chi connectivity index (χ0) is 12.5. The van der Waals surface area contributed by atoms with E-state index in [4.69, 9.17) is 9.84 Å². The maximum Gasteiger partial charge on any atom is 0.319 e. The van der Waals surface area contributed by atoms with E-state index in [1.165, 1.54) is 6.07 Å². The zero-order valence-electron chi connectivity index (χ0n) is 9.35. The van der Waals surface area contributed by atoms with Gasteiger partial charge in [-0.1, -0.05) is 12.1 Å². The molecule has 0 saturated carbocycles. The molecule has 0 atom stereocenters. The molecule has 4 N–H and O–H groups in total. The molecule has 6 nitrogen and oxygen atoms in total. The average molecular weight is 240 g/mol. The Bertz CT molecular complexity index is 357. The van der Waals surface area contributed by atoms with Gasteiger partial charge in [-0.25, -0.2) is 4.79 Å². The average Bonchev–Trinajstić information content (AvgIpc) is 2.32. The maximum atomic E-state index is 11.4. The SMILES string of the molecule is O=C(NCCOCCO)Nc1ccccc1O. The highest BCUT2D eigenvalue weighted by Crippen LogP contribution is 2.20. The Morgan fingerprint density at radius 2 is 2.06 bits per heavy atom. The lowest BCUT2D eigenvalue weighted by atomic mass is 10.3. The van der Waals surface area contributed by atoms with Crippen LogP contribution >= 0.6 is 0 Å². The van der Waals surface area contributed by atoms with Crippen LogP contribution in [0.15, 0.2) is 24.3 Å². The molecule has 1 aromatic rings. The van der Waals surface area contributed by atoms with Crippen LogP contribution in [-0.2, 0) is 4.74 Å². The molecule has 0 radical (unpaired) electrons. The van der Waals surface area contributed by atoms with Crippen LogP contribution in [0.4, 0.5) is 10.5 Å². The van der Waals surface area contributed by atoms with Crippen molar-refractivity contribution in [2.24, 2.45) is 0 Å². The minimum Gasteiger partial charge on any atom is -0.506 e. The summed E-state index contributed by atoms with van der Waals surface area (Å²) >= 11 is 0. The Balaban J connectivity index is 2.23. The first-order chi connectivity index (χ1) is 8.24. The third-order valence-corrected chi connectivity index (χ3v) is 1.92. The molecular weight excluding hydrogens is 224 g/mol. The van der Waals surface area contributed by atoms with Crippen molar-refractivity contribution in [2.75, 3.05) is 31.7 Å². The molecule has 0 aromatic heterocycles. The molecular formula is C11H16N2O4. The summed E-state index contributed by atoms with van der Waals surface area (Å²) in [5.41, 5.74) is 0.348. The molecule has 0 aliphatic carbocycles. The van der Waals surface area contributed by atoms with Crippen molar-refractivity contribution in [2.45, 2.75) is 0 Å². The van der Waals surface area contributed by atoms with Gasteiger partial charge in [0.25, 0.3) is 0 Å². The number of carbonyl (C=O) groups is 1. The summed E-state index contributed by atoms with van der Waals surface area (Å²) < 4.78 is 4.97. The Kier molecular flexibility index (Phi) is 5.84. The predicted octanol–water partition coefficient (Wildman–Crippen LogP) is 0.523. The number of phenolic OH excluding ortho intramolecular Hbond substituents is 1. The molecule has 0 unspecified atom stereocenters. The molecule has 1 rings (SSSR count). The number of phenols is 1. The Labute approximate surface area is 99.2 Å². The number of amides is 2. The number of rotatable bonds is 6. The number of hydrogen-bond acceptors (Lipinski definition) is 4. The van der Waals surface area contributed by atoms with Crippen molar-refractivity contribution < 1.29 is 19.7 Å². The summed E-state index contributed by atoms with van der Waals surface area (Å²) in [4.78, 5) is 11.4. The van der Waals surface area contributed by atoms with Gasteiger partial charge in [0, 0.05) is 6.54 Å². The highest BCUT2D eigenvalue weighted by atomic mass is 16.5. The fraction of sp³-hybridized carbons (Fsp3) is 0.364. The number of hydrogen-bond donors (Lipinski definition) is 4. The van der Waals surface area contributed by atoms with E-state index in [0.29, 0.717) is 18.8 Å². The van der Waals surface area contributed by atoms with Gasteiger partial charge in [0.1, 0.15) is 5.75 Å². The minimum atomic E-state index is -0.418. The molecule has 1 aromatic carbocycles. The first kappa shape index (κ1) is 13.3. The van der Waals surface area contributed by atoms with Crippen LogP contribution in [0, 0.1) is 0 Å². The summed E-state index contributed by atoms with van der Waals surface area (Å²) in [6, 6.07) is 6.04. The van der Waals surface area contributed by atoms with E-state index < -0.39 is 6.03 Å². The molecule has 0 aliphatic heterocycles. The molecule has 0 bridgehead atoms. The van der Waals surface area contributed by atoms with E-state index in [-0.39, 0.29) is 19.0 Å². The van der Waals surface area contributed by atoms with E-state index in [1.54, 1.807) is 18.2 Å². The number of urea groups is 1. The van der Waals surface area contributed by atoms with Gasteiger partial charge in [0.2, 0.25) is 0 Å². The van der Waals surface area contributed by atoms with Gasteiger partial charge in [-0.3, -0.25) is 0 Å². The van der Waals surface area contributed by atoms with Crippen molar-refractivity contribution in [3.63, 3.8) is 0 Å². The molecule has 2 amide bonds. The Morgan fingerprint density at radius 1 is 1.29 bits per heavy atom. The first-order valence-corrected chi connectivity index (χ1v) is 5.25.